The van der Waals surface area contributed by atoms with Gasteiger partial charge in [-0.1, -0.05) is 43.5 Å². The van der Waals surface area contributed by atoms with Crippen LogP contribution in [-0.4, -0.2) is 70.7 Å². The number of hydrogen-bond donors (Lipinski definition) is 6. The van der Waals surface area contributed by atoms with Crippen LogP contribution in [0.1, 0.15) is 64.7 Å². The molecule has 5 rings (SSSR count). The largest absolute Gasteiger partial charge is 0.416 e. The summed E-state index contributed by atoms with van der Waals surface area (Å²) in [6, 6.07) is 7.46. The standard InChI is InChI=1S/C33H38F3N9O2/c34-33(35,36)23-12-13-41-26(17-23)44-31(46)21-10-8-20(9-11-21)28(37)27-29(38)22(18-42-30(27)39)5-4-15-45-16-14-40-25(19-45)32(47)43-24-6-2-1-3-7-24/h4-5,8-13,17-18,24-25,37,40H,1-3,6-7,14-16,19H2,(H,43,47)(H4,38,39,42)(H,41,44,46)/b5-4+,37-28?/t25-/m1/s1. The average molecular weight is 650 g/mol. The van der Waals surface area contributed by atoms with E-state index < -0.39 is 17.6 Å². The minimum Gasteiger partial charge on any atom is -0.398 e. The van der Waals surface area contributed by atoms with Crippen LogP contribution < -0.4 is 27.4 Å². The molecule has 1 saturated heterocycles. The highest BCUT2D eigenvalue weighted by atomic mass is 19.4. The molecule has 3 aromatic rings. The van der Waals surface area contributed by atoms with E-state index in [1.807, 2.05) is 12.2 Å². The number of nitrogens with one attached hydrogen (secondary N) is 4. The molecule has 1 aromatic carbocycles. The van der Waals surface area contributed by atoms with Crippen molar-refractivity contribution >= 4 is 40.9 Å². The summed E-state index contributed by atoms with van der Waals surface area (Å²) in [6.07, 6.45) is 7.29. The third-order valence-electron chi connectivity index (χ3n) is 8.38. The number of alkyl halides is 3. The average Bonchev–Trinajstić information content (AvgIpc) is 3.06. The normalized spacial score (nSPS) is 17.8. The molecule has 1 atom stereocenters. The molecule has 8 N–H and O–H groups in total. The quantitative estimate of drug-likeness (QED) is 0.188. The van der Waals surface area contributed by atoms with E-state index in [4.69, 9.17) is 16.9 Å². The first-order chi connectivity index (χ1) is 22.5. The molecule has 2 fully saturated rings. The Morgan fingerprint density at radius 2 is 1.79 bits per heavy atom. The molecular formula is C33H38F3N9O2. The number of nitrogen functional groups attached to an aromatic ring is 2. The zero-order valence-corrected chi connectivity index (χ0v) is 25.7. The van der Waals surface area contributed by atoms with Gasteiger partial charge in [0.25, 0.3) is 5.91 Å². The second-order valence-corrected chi connectivity index (χ2v) is 11.7. The zero-order chi connectivity index (χ0) is 33.6. The number of halogens is 3. The summed E-state index contributed by atoms with van der Waals surface area (Å²) in [5, 5.41) is 17.7. The predicted octanol–water partition coefficient (Wildman–Crippen LogP) is 4.06. The van der Waals surface area contributed by atoms with E-state index in [1.54, 1.807) is 0 Å². The number of nitrogens with zero attached hydrogens (tertiary/aromatic N) is 3. The van der Waals surface area contributed by atoms with Crippen LogP contribution in [0, 0.1) is 5.41 Å². The molecule has 1 aliphatic carbocycles. The van der Waals surface area contributed by atoms with E-state index >= 15 is 0 Å². The number of pyridine rings is 2. The third kappa shape index (κ3) is 8.51. The first kappa shape index (κ1) is 33.5. The van der Waals surface area contributed by atoms with Gasteiger partial charge in [0.05, 0.1) is 28.6 Å². The fraction of sp³-hybridized carbons (Fsp3) is 0.364. The molecule has 2 amide bonds. The van der Waals surface area contributed by atoms with Gasteiger partial charge < -0.3 is 27.4 Å². The molecule has 2 aliphatic rings. The van der Waals surface area contributed by atoms with Crippen molar-refractivity contribution in [2.45, 2.75) is 50.4 Å². The smallest absolute Gasteiger partial charge is 0.398 e. The number of rotatable bonds is 9. The van der Waals surface area contributed by atoms with Gasteiger partial charge in [0, 0.05) is 61.3 Å². The van der Waals surface area contributed by atoms with Gasteiger partial charge in [0.1, 0.15) is 11.6 Å². The van der Waals surface area contributed by atoms with E-state index in [0.29, 0.717) is 30.8 Å². The second kappa shape index (κ2) is 14.7. The molecule has 11 nitrogen and oxygen atoms in total. The fourth-order valence-corrected chi connectivity index (χ4v) is 5.78. The number of carbonyl (C=O) groups is 2. The minimum atomic E-state index is -4.57. The van der Waals surface area contributed by atoms with Gasteiger partial charge in [-0.3, -0.25) is 19.9 Å². The van der Waals surface area contributed by atoms with Gasteiger partial charge >= 0.3 is 6.18 Å². The van der Waals surface area contributed by atoms with Crippen LogP contribution in [0.15, 0.2) is 54.9 Å². The maximum atomic E-state index is 13.0. The molecule has 0 radical (unpaired) electrons. The number of aromatic nitrogens is 2. The van der Waals surface area contributed by atoms with E-state index in [-0.39, 0.29) is 52.2 Å². The van der Waals surface area contributed by atoms with Crippen molar-refractivity contribution in [2.24, 2.45) is 0 Å². The Bertz CT molecular complexity index is 1640. The van der Waals surface area contributed by atoms with Gasteiger partial charge in [-0.15, -0.1) is 0 Å². The summed E-state index contributed by atoms with van der Waals surface area (Å²) in [4.78, 5) is 35.7. The van der Waals surface area contributed by atoms with Crippen molar-refractivity contribution in [1.29, 1.82) is 5.41 Å². The molecule has 47 heavy (non-hydrogen) atoms. The Morgan fingerprint density at radius 1 is 1.06 bits per heavy atom. The summed E-state index contributed by atoms with van der Waals surface area (Å²) < 4.78 is 39.0. The Kier molecular flexibility index (Phi) is 10.5. The first-order valence-corrected chi connectivity index (χ1v) is 15.5. The van der Waals surface area contributed by atoms with Gasteiger partial charge in [0.15, 0.2) is 0 Å². The molecule has 3 heterocycles. The molecule has 1 saturated carbocycles. The number of carbonyl (C=O) groups excluding carboxylic acids is 2. The Hall–Kier alpha value is -4.82. The second-order valence-electron chi connectivity index (χ2n) is 11.7. The van der Waals surface area contributed by atoms with Gasteiger partial charge in [0.2, 0.25) is 5.91 Å². The molecule has 14 heteroatoms. The van der Waals surface area contributed by atoms with Crippen molar-refractivity contribution in [2.75, 3.05) is 43.0 Å². The van der Waals surface area contributed by atoms with E-state index in [2.05, 4.69) is 30.8 Å². The topological polar surface area (TPSA) is 175 Å². The molecule has 1 aliphatic heterocycles. The Labute approximate surface area is 270 Å². The number of anilines is 3. The Morgan fingerprint density at radius 3 is 2.51 bits per heavy atom. The van der Waals surface area contributed by atoms with Crippen LogP contribution in [-0.2, 0) is 11.0 Å². The summed E-state index contributed by atoms with van der Waals surface area (Å²) in [5.74, 6) is -0.795. The van der Waals surface area contributed by atoms with Crippen molar-refractivity contribution in [3.8, 4) is 0 Å². The number of amides is 2. The lowest BCUT2D eigenvalue weighted by atomic mass is 9.95. The van der Waals surface area contributed by atoms with Crippen LogP contribution in [0.4, 0.5) is 30.5 Å². The van der Waals surface area contributed by atoms with Gasteiger partial charge in [-0.2, -0.15) is 13.2 Å². The highest BCUT2D eigenvalue weighted by Gasteiger charge is 2.31. The number of nitrogens with two attached hydrogens (primary N) is 2. The van der Waals surface area contributed by atoms with E-state index in [1.165, 1.54) is 36.9 Å². The van der Waals surface area contributed by atoms with Crippen molar-refractivity contribution in [1.82, 2.24) is 25.5 Å². The van der Waals surface area contributed by atoms with E-state index in [0.717, 1.165) is 50.6 Å². The Balaban J connectivity index is 1.20. The summed E-state index contributed by atoms with van der Waals surface area (Å²) in [7, 11) is 0. The first-order valence-electron chi connectivity index (χ1n) is 15.5. The number of benzene rings is 1. The van der Waals surface area contributed by atoms with Crippen LogP contribution in [0.3, 0.4) is 0 Å². The predicted molar refractivity (Wildman–Crippen MR) is 175 cm³/mol. The van der Waals surface area contributed by atoms with Crippen molar-refractivity contribution < 1.29 is 22.8 Å². The van der Waals surface area contributed by atoms with Gasteiger partial charge in [-0.25, -0.2) is 9.97 Å². The lowest BCUT2D eigenvalue weighted by Crippen LogP contribution is -2.58. The number of piperazine rings is 1. The maximum absolute atomic E-state index is 13.0. The van der Waals surface area contributed by atoms with Crippen molar-refractivity contribution in [3.63, 3.8) is 0 Å². The lowest BCUT2D eigenvalue weighted by Gasteiger charge is -2.33. The summed E-state index contributed by atoms with van der Waals surface area (Å²) in [6.45, 7) is 2.66. The fourth-order valence-electron chi connectivity index (χ4n) is 5.78. The lowest BCUT2D eigenvalue weighted by molar-refractivity contribution is -0.137. The van der Waals surface area contributed by atoms with Crippen LogP contribution in [0.2, 0.25) is 0 Å². The summed E-state index contributed by atoms with van der Waals surface area (Å²) >= 11 is 0. The number of hydrogen-bond acceptors (Lipinski definition) is 9. The third-order valence-corrected chi connectivity index (χ3v) is 8.38. The van der Waals surface area contributed by atoms with Crippen molar-refractivity contribution in [3.05, 3.63) is 82.7 Å². The molecular weight excluding hydrogens is 611 g/mol. The minimum absolute atomic E-state index is 0.0109. The maximum Gasteiger partial charge on any atom is 0.416 e. The van der Waals surface area contributed by atoms with Crippen LogP contribution in [0.5, 0.6) is 0 Å². The highest BCUT2D eigenvalue weighted by molar-refractivity contribution is 6.17. The van der Waals surface area contributed by atoms with Crippen LogP contribution >= 0.6 is 0 Å². The molecule has 0 bridgehead atoms. The molecule has 2 aromatic heterocycles. The molecule has 0 unspecified atom stereocenters. The zero-order valence-electron chi connectivity index (χ0n) is 25.7. The monoisotopic (exact) mass is 649 g/mol. The SMILES string of the molecule is N=C(c1ccc(C(=O)Nc2cc(C(F)(F)F)ccn2)cc1)c1c(N)ncc(/C=C/CN2CCN[C@@H](C(=O)NC3CCCCC3)C2)c1N. The molecule has 0 spiro atoms. The highest BCUT2D eigenvalue weighted by Crippen LogP contribution is 2.30. The van der Waals surface area contributed by atoms with E-state index in [9.17, 15) is 22.8 Å². The molecule has 248 valence electrons. The summed E-state index contributed by atoms with van der Waals surface area (Å²) in [5.41, 5.74) is 13.3. The van der Waals surface area contributed by atoms with Crippen LogP contribution in [0.25, 0.3) is 6.08 Å². The van der Waals surface area contributed by atoms with Gasteiger partial charge in [-0.05, 0) is 37.1 Å².